The number of aryl methyl sites for hydroxylation is 2. The molecule has 0 bridgehead atoms. The van der Waals surface area contributed by atoms with E-state index in [-0.39, 0.29) is 36.1 Å². The van der Waals surface area contributed by atoms with Crippen molar-refractivity contribution in [2.75, 3.05) is 0 Å². The van der Waals surface area contributed by atoms with E-state index in [0.29, 0.717) is 5.56 Å². The van der Waals surface area contributed by atoms with E-state index < -0.39 is 21.9 Å². The maximum atomic E-state index is 13.4. The van der Waals surface area contributed by atoms with Crippen molar-refractivity contribution in [3.05, 3.63) is 53.3 Å². The summed E-state index contributed by atoms with van der Waals surface area (Å²) in [6, 6.07) is 7.95. The zero-order chi connectivity index (χ0) is 17.5. The molecule has 1 unspecified atom stereocenters. The largest absolute Gasteiger partial charge is 0.303 e. The third-order valence-corrected chi connectivity index (χ3v) is 6.38. The molecule has 0 N–H and O–H groups in total. The molecule has 0 saturated carbocycles. The highest BCUT2D eigenvalue weighted by molar-refractivity contribution is 7.90. The first kappa shape index (κ1) is 16.8. The van der Waals surface area contributed by atoms with E-state index >= 15 is 0 Å². The Kier molecular flexibility index (Phi) is 4.07. The summed E-state index contributed by atoms with van der Waals surface area (Å²) < 4.78 is 53.5. The van der Waals surface area contributed by atoms with E-state index in [1.165, 1.54) is 18.3 Å². The van der Waals surface area contributed by atoms with Crippen molar-refractivity contribution in [1.29, 1.82) is 0 Å². The summed E-state index contributed by atoms with van der Waals surface area (Å²) in [4.78, 5) is 11.4. The minimum absolute atomic E-state index is 0.0236. The standard InChI is InChI=1S/C17H17F2NO3S/c1-12-2-4-14(5-3-12)24(22,23)20-9-7-13-6-8-17(11-21,16(18)19)10-15(13)20/h2-5,7,9,11,16H,6,8,10H2,1H3. The van der Waals surface area contributed by atoms with Crippen LogP contribution in [0.3, 0.4) is 0 Å². The van der Waals surface area contributed by atoms with Gasteiger partial charge in [-0.2, -0.15) is 0 Å². The quantitative estimate of drug-likeness (QED) is 0.794. The molecule has 24 heavy (non-hydrogen) atoms. The number of hydrogen-bond donors (Lipinski definition) is 0. The second-order valence-corrected chi connectivity index (χ2v) is 8.05. The van der Waals surface area contributed by atoms with Gasteiger partial charge in [0, 0.05) is 18.3 Å². The fourth-order valence-corrected chi connectivity index (χ4v) is 4.46. The summed E-state index contributed by atoms with van der Waals surface area (Å²) in [6.45, 7) is 1.84. The van der Waals surface area contributed by atoms with E-state index in [4.69, 9.17) is 0 Å². The number of benzene rings is 1. The van der Waals surface area contributed by atoms with E-state index in [2.05, 4.69) is 0 Å². The van der Waals surface area contributed by atoms with Gasteiger partial charge in [0.15, 0.2) is 0 Å². The zero-order valence-corrected chi connectivity index (χ0v) is 13.9. The van der Waals surface area contributed by atoms with Gasteiger partial charge in [0.1, 0.15) is 6.29 Å². The lowest BCUT2D eigenvalue weighted by atomic mass is 9.75. The number of aldehydes is 1. The number of fused-ring (bicyclic) bond motifs is 1. The number of hydrogen-bond acceptors (Lipinski definition) is 3. The van der Waals surface area contributed by atoms with Crippen molar-refractivity contribution >= 4 is 16.3 Å². The lowest BCUT2D eigenvalue weighted by Crippen LogP contribution is -2.38. The molecule has 0 fully saturated rings. The molecular formula is C17H17F2NO3S. The van der Waals surface area contributed by atoms with Gasteiger partial charge in [-0.15, -0.1) is 0 Å². The predicted molar refractivity (Wildman–Crippen MR) is 84.7 cm³/mol. The molecule has 7 heteroatoms. The monoisotopic (exact) mass is 353 g/mol. The van der Waals surface area contributed by atoms with Gasteiger partial charge < -0.3 is 4.79 Å². The molecule has 1 heterocycles. The van der Waals surface area contributed by atoms with E-state index in [1.807, 2.05) is 6.92 Å². The molecule has 0 spiro atoms. The summed E-state index contributed by atoms with van der Waals surface area (Å²) in [7, 11) is -3.88. The maximum Gasteiger partial charge on any atom is 0.267 e. The minimum atomic E-state index is -3.88. The Bertz CT molecular complexity index is 872. The molecule has 1 aliphatic rings. The van der Waals surface area contributed by atoms with Crippen LogP contribution in [0, 0.1) is 12.3 Å². The topological polar surface area (TPSA) is 56.1 Å². The Labute approximate surface area is 139 Å². The molecule has 0 saturated heterocycles. The molecule has 0 amide bonds. The molecule has 1 atom stereocenters. The Hall–Kier alpha value is -2.02. The highest BCUT2D eigenvalue weighted by atomic mass is 32.2. The van der Waals surface area contributed by atoms with Crippen LogP contribution in [0.1, 0.15) is 23.2 Å². The average molecular weight is 353 g/mol. The number of alkyl halides is 2. The Morgan fingerprint density at radius 1 is 1.21 bits per heavy atom. The van der Waals surface area contributed by atoms with Crippen molar-refractivity contribution < 1.29 is 22.0 Å². The molecule has 2 aromatic rings. The van der Waals surface area contributed by atoms with Gasteiger partial charge in [-0.3, -0.25) is 0 Å². The number of aromatic nitrogens is 1. The van der Waals surface area contributed by atoms with Crippen molar-refractivity contribution in [3.63, 3.8) is 0 Å². The van der Waals surface area contributed by atoms with Crippen molar-refractivity contribution in [2.24, 2.45) is 5.41 Å². The van der Waals surface area contributed by atoms with Gasteiger partial charge >= 0.3 is 0 Å². The summed E-state index contributed by atoms with van der Waals surface area (Å²) >= 11 is 0. The number of carbonyl (C=O) groups excluding carboxylic acids is 1. The number of halogens is 2. The second-order valence-electron chi connectivity index (χ2n) is 6.23. The minimum Gasteiger partial charge on any atom is -0.303 e. The zero-order valence-electron chi connectivity index (χ0n) is 13.1. The fourth-order valence-electron chi connectivity index (χ4n) is 3.06. The summed E-state index contributed by atoms with van der Waals surface area (Å²) in [5, 5.41) is 0. The highest BCUT2D eigenvalue weighted by Gasteiger charge is 2.44. The Morgan fingerprint density at radius 2 is 1.88 bits per heavy atom. The van der Waals surface area contributed by atoms with Crippen LogP contribution in [0.15, 0.2) is 41.4 Å². The van der Waals surface area contributed by atoms with E-state index in [9.17, 15) is 22.0 Å². The summed E-state index contributed by atoms with van der Waals surface area (Å²) in [5.74, 6) is 0. The third-order valence-electron chi connectivity index (χ3n) is 4.65. The van der Waals surface area contributed by atoms with Gasteiger partial charge in [0.05, 0.1) is 10.3 Å². The van der Waals surface area contributed by atoms with Crippen LogP contribution in [0.25, 0.3) is 0 Å². The van der Waals surface area contributed by atoms with Gasteiger partial charge in [-0.05, 0) is 43.5 Å². The van der Waals surface area contributed by atoms with Crippen molar-refractivity contribution in [3.8, 4) is 0 Å². The van der Waals surface area contributed by atoms with Crippen LogP contribution >= 0.6 is 0 Å². The first-order chi connectivity index (χ1) is 11.3. The molecule has 128 valence electrons. The second kappa shape index (κ2) is 5.81. The molecule has 1 aliphatic carbocycles. The predicted octanol–water partition coefficient (Wildman–Crippen LogP) is 2.97. The number of rotatable bonds is 4. The molecule has 1 aromatic heterocycles. The van der Waals surface area contributed by atoms with Crippen LogP contribution in [0.4, 0.5) is 8.78 Å². The SMILES string of the molecule is Cc1ccc(S(=O)(=O)n2ccc3c2CC(C=O)(C(F)F)CC3)cc1. The molecule has 4 nitrogen and oxygen atoms in total. The van der Waals surface area contributed by atoms with Gasteiger partial charge in [-0.1, -0.05) is 17.7 Å². The Morgan fingerprint density at radius 3 is 2.46 bits per heavy atom. The van der Waals surface area contributed by atoms with Crippen LogP contribution in [-0.4, -0.2) is 25.1 Å². The molecule has 0 aliphatic heterocycles. The Balaban J connectivity index is 2.08. The van der Waals surface area contributed by atoms with Gasteiger partial charge in [0.25, 0.3) is 16.4 Å². The van der Waals surface area contributed by atoms with Crippen LogP contribution in [-0.2, 0) is 27.7 Å². The van der Waals surface area contributed by atoms with Crippen molar-refractivity contribution in [1.82, 2.24) is 3.97 Å². The third kappa shape index (κ3) is 2.56. The molecular weight excluding hydrogens is 336 g/mol. The lowest BCUT2D eigenvalue weighted by Gasteiger charge is -2.32. The van der Waals surface area contributed by atoms with Crippen LogP contribution in [0.5, 0.6) is 0 Å². The van der Waals surface area contributed by atoms with Crippen molar-refractivity contribution in [2.45, 2.75) is 37.5 Å². The maximum absolute atomic E-state index is 13.4. The van der Waals surface area contributed by atoms with Crippen LogP contribution in [0.2, 0.25) is 0 Å². The molecule has 3 rings (SSSR count). The molecule has 0 radical (unpaired) electrons. The average Bonchev–Trinajstić information content (AvgIpc) is 2.98. The first-order valence-electron chi connectivity index (χ1n) is 7.56. The smallest absolute Gasteiger partial charge is 0.267 e. The lowest BCUT2D eigenvalue weighted by molar-refractivity contribution is -0.126. The van der Waals surface area contributed by atoms with Gasteiger partial charge in [0.2, 0.25) is 0 Å². The normalized spacial score (nSPS) is 20.8. The molecule has 1 aromatic carbocycles. The fraction of sp³-hybridized carbons (Fsp3) is 0.353. The number of nitrogens with zero attached hydrogens (tertiary/aromatic N) is 1. The van der Waals surface area contributed by atoms with Crippen LogP contribution < -0.4 is 0 Å². The summed E-state index contributed by atoms with van der Waals surface area (Å²) in [5.41, 5.74) is 0.0746. The van der Waals surface area contributed by atoms with E-state index in [0.717, 1.165) is 9.54 Å². The highest BCUT2D eigenvalue weighted by Crippen LogP contribution is 2.40. The van der Waals surface area contributed by atoms with E-state index in [1.54, 1.807) is 18.2 Å². The summed E-state index contributed by atoms with van der Waals surface area (Å²) in [6.07, 6.45) is -1.16. The first-order valence-corrected chi connectivity index (χ1v) is 9.00. The number of carbonyl (C=O) groups is 1. The van der Waals surface area contributed by atoms with Gasteiger partial charge in [-0.25, -0.2) is 21.2 Å².